The summed E-state index contributed by atoms with van der Waals surface area (Å²) in [7, 11) is 3.04. The van der Waals surface area contributed by atoms with Crippen molar-refractivity contribution in [2.24, 2.45) is 5.73 Å². The zero-order chi connectivity index (χ0) is 28.8. The second kappa shape index (κ2) is 12.8. The van der Waals surface area contributed by atoms with Crippen LogP contribution in [0.4, 0.5) is 0 Å². The van der Waals surface area contributed by atoms with Crippen LogP contribution < -0.4 is 15.2 Å². The molecule has 0 saturated heterocycles. The first-order valence-corrected chi connectivity index (χ1v) is 14.1. The number of rotatable bonds is 8. The number of carbonyl (C=O) groups excluding carboxylic acids is 1. The second-order valence-corrected chi connectivity index (χ2v) is 10.7. The third-order valence-electron chi connectivity index (χ3n) is 6.74. The lowest BCUT2D eigenvalue weighted by Crippen LogP contribution is -2.28. The molecule has 0 bridgehead atoms. The van der Waals surface area contributed by atoms with Crippen LogP contribution in [0.3, 0.4) is 0 Å². The molecule has 2 heterocycles. The normalized spacial score (nSPS) is 16.8. The van der Waals surface area contributed by atoms with Crippen molar-refractivity contribution >= 4 is 17.7 Å². The zero-order valence-electron chi connectivity index (χ0n) is 23.1. The molecule has 0 saturated carbocycles. The molecule has 1 atom stereocenters. The lowest BCUT2D eigenvalue weighted by atomic mass is 9.83. The van der Waals surface area contributed by atoms with Gasteiger partial charge in [-0.1, -0.05) is 18.2 Å². The number of hydrogen-bond donors (Lipinski definition) is 1. The SMILES string of the molecule is COc1cc(OC)cc([C@@H]2C(C#N)=C(N)OC(CSc3nc4c(cc3C#N)CCCCC4)=C2C(=O)OC(C)C)c1. The molecular weight excluding hydrogens is 528 g/mol. The van der Waals surface area contributed by atoms with Gasteiger partial charge in [0.1, 0.15) is 40.0 Å². The minimum atomic E-state index is -0.889. The zero-order valence-corrected chi connectivity index (χ0v) is 23.9. The van der Waals surface area contributed by atoms with Crippen LogP contribution in [-0.4, -0.2) is 37.0 Å². The van der Waals surface area contributed by atoms with Crippen molar-refractivity contribution in [3.05, 3.63) is 69.4 Å². The Morgan fingerprint density at radius 3 is 2.42 bits per heavy atom. The van der Waals surface area contributed by atoms with Gasteiger partial charge in [-0.2, -0.15) is 10.5 Å². The monoisotopic (exact) mass is 560 g/mol. The summed E-state index contributed by atoms with van der Waals surface area (Å²) in [5, 5.41) is 20.5. The Morgan fingerprint density at radius 1 is 1.10 bits per heavy atom. The van der Waals surface area contributed by atoms with Gasteiger partial charge >= 0.3 is 5.97 Å². The number of ether oxygens (including phenoxy) is 4. The first kappa shape index (κ1) is 28.8. The summed E-state index contributed by atoms with van der Waals surface area (Å²) in [6, 6.07) is 11.4. The first-order valence-electron chi connectivity index (χ1n) is 13.1. The highest BCUT2D eigenvalue weighted by molar-refractivity contribution is 7.99. The maximum absolute atomic E-state index is 13.6. The maximum atomic E-state index is 13.6. The lowest BCUT2D eigenvalue weighted by molar-refractivity contribution is -0.143. The van der Waals surface area contributed by atoms with Gasteiger partial charge in [0, 0.05) is 11.8 Å². The van der Waals surface area contributed by atoms with Crippen LogP contribution in [0, 0.1) is 22.7 Å². The van der Waals surface area contributed by atoms with Crippen LogP contribution in [0.1, 0.15) is 61.4 Å². The molecule has 0 unspecified atom stereocenters. The van der Waals surface area contributed by atoms with Gasteiger partial charge in [0.2, 0.25) is 5.88 Å². The van der Waals surface area contributed by atoms with E-state index >= 15 is 0 Å². The predicted molar refractivity (Wildman–Crippen MR) is 149 cm³/mol. The van der Waals surface area contributed by atoms with Gasteiger partial charge in [0.25, 0.3) is 0 Å². The first-order chi connectivity index (χ1) is 19.3. The van der Waals surface area contributed by atoms with Crippen molar-refractivity contribution in [2.75, 3.05) is 20.0 Å². The molecule has 0 spiro atoms. The Balaban J connectivity index is 1.81. The largest absolute Gasteiger partial charge is 0.497 e. The smallest absolute Gasteiger partial charge is 0.338 e. The van der Waals surface area contributed by atoms with Gasteiger partial charge in [-0.15, -0.1) is 0 Å². The number of aromatic nitrogens is 1. The number of nitrogens with two attached hydrogens (primary N) is 1. The third-order valence-corrected chi connectivity index (χ3v) is 7.73. The number of allylic oxidation sites excluding steroid dienone is 1. The van der Waals surface area contributed by atoms with Gasteiger partial charge in [0.05, 0.1) is 43.1 Å². The number of carbonyl (C=O) groups is 1. The molecule has 9 nitrogen and oxygen atoms in total. The van der Waals surface area contributed by atoms with E-state index in [4.69, 9.17) is 29.7 Å². The molecule has 1 aliphatic carbocycles. The summed E-state index contributed by atoms with van der Waals surface area (Å²) in [6.07, 6.45) is 4.62. The van der Waals surface area contributed by atoms with Crippen molar-refractivity contribution in [3.63, 3.8) is 0 Å². The van der Waals surface area contributed by atoms with Gasteiger partial charge in [-0.25, -0.2) is 9.78 Å². The number of hydrogen-bond acceptors (Lipinski definition) is 10. The Morgan fingerprint density at radius 2 is 1.80 bits per heavy atom. The Labute approximate surface area is 238 Å². The van der Waals surface area contributed by atoms with E-state index in [2.05, 4.69) is 12.1 Å². The fraction of sp³-hybridized carbons (Fsp3) is 0.400. The molecule has 1 aromatic carbocycles. The fourth-order valence-corrected chi connectivity index (χ4v) is 5.79. The van der Waals surface area contributed by atoms with Crippen LogP contribution in [0.5, 0.6) is 11.5 Å². The highest BCUT2D eigenvalue weighted by Crippen LogP contribution is 2.43. The number of esters is 1. The maximum Gasteiger partial charge on any atom is 0.338 e. The molecule has 0 fully saturated rings. The summed E-state index contributed by atoms with van der Waals surface area (Å²) in [6.45, 7) is 3.49. The Hall–Kier alpha value is -4.15. The standard InChI is InChI=1S/C30H32N4O5S/c1-17(2)38-30(35)27-25(16-40-29-20(14-31)10-18-8-6-5-7-9-24(18)34-29)39-28(33)23(15-32)26(27)19-11-21(36-3)13-22(12-19)37-4/h10-13,17,26H,5-9,16,33H2,1-4H3/t26-/m1/s1. The summed E-state index contributed by atoms with van der Waals surface area (Å²) >= 11 is 1.29. The minimum absolute atomic E-state index is 0.0700. The summed E-state index contributed by atoms with van der Waals surface area (Å²) in [5.74, 6) is -0.289. The quantitative estimate of drug-likeness (QED) is 0.265. The molecular formula is C30H32N4O5S. The van der Waals surface area contributed by atoms with Crippen molar-refractivity contribution in [1.82, 2.24) is 4.98 Å². The minimum Gasteiger partial charge on any atom is -0.497 e. The molecule has 1 aliphatic heterocycles. The lowest BCUT2D eigenvalue weighted by Gasteiger charge is -2.29. The van der Waals surface area contributed by atoms with Crippen LogP contribution in [0.2, 0.25) is 0 Å². The van der Waals surface area contributed by atoms with Gasteiger partial charge in [-0.3, -0.25) is 0 Å². The van der Waals surface area contributed by atoms with E-state index in [0.717, 1.165) is 43.4 Å². The summed E-state index contributed by atoms with van der Waals surface area (Å²) in [4.78, 5) is 18.4. The molecule has 2 N–H and O–H groups in total. The average molecular weight is 561 g/mol. The molecule has 1 aromatic heterocycles. The van der Waals surface area contributed by atoms with E-state index < -0.39 is 18.0 Å². The van der Waals surface area contributed by atoms with Crippen molar-refractivity contribution in [3.8, 4) is 23.6 Å². The molecule has 0 amide bonds. The molecule has 2 aromatic rings. The number of methoxy groups -OCH3 is 2. The molecule has 4 rings (SSSR count). The van der Waals surface area contributed by atoms with E-state index in [1.807, 2.05) is 6.07 Å². The van der Waals surface area contributed by atoms with Gasteiger partial charge < -0.3 is 24.7 Å². The van der Waals surface area contributed by atoms with E-state index in [1.165, 1.54) is 26.0 Å². The van der Waals surface area contributed by atoms with Crippen molar-refractivity contribution in [1.29, 1.82) is 10.5 Å². The number of nitrogens with zero attached hydrogens (tertiary/aromatic N) is 3. The number of pyridine rings is 1. The van der Waals surface area contributed by atoms with E-state index in [9.17, 15) is 15.3 Å². The summed E-state index contributed by atoms with van der Waals surface area (Å²) < 4.78 is 22.4. The number of benzene rings is 1. The molecule has 2 aliphatic rings. The molecule has 10 heteroatoms. The number of thioether (sulfide) groups is 1. The number of aryl methyl sites for hydroxylation is 2. The molecule has 208 valence electrons. The number of fused-ring (bicyclic) bond motifs is 1. The topological polar surface area (TPSA) is 140 Å². The van der Waals surface area contributed by atoms with Crippen LogP contribution in [0.25, 0.3) is 0 Å². The van der Waals surface area contributed by atoms with E-state index in [0.29, 0.717) is 27.7 Å². The van der Waals surface area contributed by atoms with Crippen LogP contribution in [-0.2, 0) is 27.1 Å². The van der Waals surface area contributed by atoms with E-state index in [-0.39, 0.29) is 28.5 Å². The van der Waals surface area contributed by atoms with Gasteiger partial charge in [-0.05, 0) is 68.9 Å². The van der Waals surface area contributed by atoms with Crippen LogP contribution in [0.15, 0.2) is 52.1 Å². The third kappa shape index (κ3) is 6.19. The predicted octanol–water partition coefficient (Wildman–Crippen LogP) is 5.05. The van der Waals surface area contributed by atoms with Crippen LogP contribution >= 0.6 is 11.8 Å². The van der Waals surface area contributed by atoms with Crippen molar-refractivity contribution in [2.45, 2.75) is 63.0 Å². The van der Waals surface area contributed by atoms with Gasteiger partial charge in [0.15, 0.2) is 0 Å². The molecule has 40 heavy (non-hydrogen) atoms. The number of nitriles is 2. The highest BCUT2D eigenvalue weighted by atomic mass is 32.2. The Bertz CT molecular complexity index is 1430. The fourth-order valence-electron chi connectivity index (χ4n) is 4.87. The highest BCUT2D eigenvalue weighted by Gasteiger charge is 2.38. The average Bonchev–Trinajstić information content (AvgIpc) is 3.18. The summed E-state index contributed by atoms with van der Waals surface area (Å²) in [5.41, 5.74) is 9.62. The van der Waals surface area contributed by atoms with Crippen molar-refractivity contribution < 1.29 is 23.7 Å². The van der Waals surface area contributed by atoms with E-state index in [1.54, 1.807) is 32.0 Å². The second-order valence-electron chi connectivity index (χ2n) is 9.77. The molecule has 0 radical (unpaired) electrons. The Kier molecular flexibility index (Phi) is 9.23.